The molecular weight excluding hydrogens is 610 g/mol. The maximum atomic E-state index is 11.5. The van der Waals surface area contributed by atoms with Gasteiger partial charge in [-0.1, -0.05) is 6.58 Å². The normalized spacial score (nSPS) is 11.5. The van der Waals surface area contributed by atoms with Crippen LogP contribution in [0.2, 0.25) is 0 Å². The number of nitrogens with one attached hydrogen (secondary N) is 1. The zero-order chi connectivity index (χ0) is 34.0. The van der Waals surface area contributed by atoms with Crippen molar-refractivity contribution < 1.29 is 66.4 Å². The van der Waals surface area contributed by atoms with Crippen LogP contribution < -0.4 is 5.32 Å². The van der Waals surface area contributed by atoms with Crippen molar-refractivity contribution in [2.75, 3.05) is 145 Å². The molecule has 0 radical (unpaired) electrons. The van der Waals surface area contributed by atoms with Crippen LogP contribution in [0, 0.1) is 0 Å². The quantitative estimate of drug-likeness (QED) is 0.0601. The van der Waals surface area contributed by atoms with Crippen LogP contribution in [0.1, 0.15) is 27.7 Å². The Morgan fingerprint density at radius 3 is 1.00 bits per heavy atom. The topological polar surface area (TPSA) is 157 Å². The van der Waals surface area contributed by atoms with E-state index in [-0.39, 0.29) is 6.61 Å². The zero-order valence-electron chi connectivity index (χ0n) is 28.5. The fourth-order valence-corrected chi connectivity index (χ4v) is 2.94. The smallest absolute Gasteiger partial charge is 0.407 e. The van der Waals surface area contributed by atoms with Crippen molar-refractivity contribution in [1.82, 2.24) is 5.32 Å². The van der Waals surface area contributed by atoms with Crippen molar-refractivity contribution in [3.05, 3.63) is 12.2 Å². The number of rotatable bonds is 34. The Morgan fingerprint density at radius 2 is 0.739 bits per heavy atom. The third-order valence-corrected chi connectivity index (χ3v) is 5.07. The van der Waals surface area contributed by atoms with Gasteiger partial charge in [0, 0.05) is 12.1 Å². The first-order valence-electron chi connectivity index (χ1n) is 15.8. The average molecular weight is 670 g/mol. The van der Waals surface area contributed by atoms with Crippen LogP contribution in [0.25, 0.3) is 0 Å². The molecule has 0 unspecified atom stereocenters. The van der Waals surface area contributed by atoms with Gasteiger partial charge >= 0.3 is 12.1 Å². The molecule has 0 aliphatic rings. The molecule has 0 aliphatic heterocycles. The SMILES string of the molecule is C=C(C)C(=O)OCCOCCOCCOCCOCCOCCOCCOCCOCCOCCOCCNC(=O)OC(C)(C)C. The number of carbonyl (C=O) groups is 2. The number of carbonyl (C=O) groups excluding carboxylic acids is 2. The Balaban J connectivity index is 3.12. The fourth-order valence-electron chi connectivity index (χ4n) is 2.94. The number of alkyl carbamates (subject to hydrolysis) is 1. The van der Waals surface area contributed by atoms with Crippen LogP contribution >= 0.6 is 0 Å². The third-order valence-electron chi connectivity index (χ3n) is 5.07. The van der Waals surface area contributed by atoms with Crippen LogP contribution in [0.15, 0.2) is 12.2 Å². The van der Waals surface area contributed by atoms with Crippen LogP contribution in [0.5, 0.6) is 0 Å². The highest BCUT2D eigenvalue weighted by Crippen LogP contribution is 2.06. The number of hydrogen-bond donors (Lipinski definition) is 1. The second-order valence-electron chi connectivity index (χ2n) is 10.5. The highest BCUT2D eigenvalue weighted by molar-refractivity contribution is 5.86. The molecular formula is C31H59NO14. The summed E-state index contributed by atoms with van der Waals surface area (Å²) in [7, 11) is 0. The van der Waals surface area contributed by atoms with Gasteiger partial charge in [0.25, 0.3) is 0 Å². The third kappa shape index (κ3) is 36.5. The lowest BCUT2D eigenvalue weighted by molar-refractivity contribution is -0.140. The summed E-state index contributed by atoms with van der Waals surface area (Å²) in [6.07, 6.45) is -0.456. The molecule has 15 nitrogen and oxygen atoms in total. The van der Waals surface area contributed by atoms with E-state index in [1.54, 1.807) is 6.92 Å². The number of ether oxygens (including phenoxy) is 12. The minimum atomic E-state index is -0.515. The van der Waals surface area contributed by atoms with Gasteiger partial charge in [-0.2, -0.15) is 0 Å². The molecule has 0 fully saturated rings. The zero-order valence-corrected chi connectivity index (χ0v) is 28.5. The predicted octanol–water partition coefficient (Wildman–Crippen LogP) is 1.80. The molecule has 15 heteroatoms. The maximum Gasteiger partial charge on any atom is 0.407 e. The minimum absolute atomic E-state index is 0.195. The largest absolute Gasteiger partial charge is 0.460 e. The van der Waals surface area contributed by atoms with E-state index in [9.17, 15) is 9.59 Å². The molecule has 272 valence electrons. The Hall–Kier alpha value is -1.92. The second-order valence-corrected chi connectivity index (χ2v) is 10.5. The first-order valence-corrected chi connectivity index (χ1v) is 15.8. The number of esters is 1. The Morgan fingerprint density at radius 1 is 0.478 bits per heavy atom. The van der Waals surface area contributed by atoms with E-state index in [4.69, 9.17) is 56.8 Å². The summed E-state index contributed by atoms with van der Waals surface area (Å²) in [5, 5.41) is 2.62. The summed E-state index contributed by atoms with van der Waals surface area (Å²) in [4.78, 5) is 22.7. The highest BCUT2D eigenvalue weighted by atomic mass is 16.6. The summed E-state index contributed by atoms with van der Waals surface area (Å²) in [6.45, 7) is 20.2. The molecule has 0 aromatic rings. The molecule has 46 heavy (non-hydrogen) atoms. The van der Waals surface area contributed by atoms with Crippen molar-refractivity contribution in [3.63, 3.8) is 0 Å². The maximum absolute atomic E-state index is 11.5. The molecule has 0 aromatic carbocycles. The van der Waals surface area contributed by atoms with Crippen molar-refractivity contribution in [2.24, 2.45) is 0 Å². The van der Waals surface area contributed by atoms with E-state index >= 15 is 0 Å². The number of hydrogen-bond acceptors (Lipinski definition) is 14. The lowest BCUT2D eigenvalue weighted by Crippen LogP contribution is -2.34. The second kappa shape index (κ2) is 33.0. The molecule has 1 N–H and O–H groups in total. The van der Waals surface area contributed by atoms with E-state index in [2.05, 4.69) is 11.9 Å². The minimum Gasteiger partial charge on any atom is -0.460 e. The summed E-state index contributed by atoms with van der Waals surface area (Å²) < 4.78 is 64.2. The van der Waals surface area contributed by atoms with E-state index < -0.39 is 17.7 Å². The van der Waals surface area contributed by atoms with Crippen LogP contribution in [0.4, 0.5) is 4.79 Å². The van der Waals surface area contributed by atoms with Crippen molar-refractivity contribution in [3.8, 4) is 0 Å². The summed E-state index contributed by atoms with van der Waals surface area (Å²) in [6, 6.07) is 0. The fraction of sp³-hybridized carbons (Fsp3) is 0.871. The molecule has 0 aliphatic carbocycles. The van der Waals surface area contributed by atoms with E-state index in [0.717, 1.165) is 0 Å². The van der Waals surface area contributed by atoms with Gasteiger partial charge in [0.1, 0.15) is 12.2 Å². The molecule has 0 bridgehead atoms. The van der Waals surface area contributed by atoms with Gasteiger partial charge in [-0.25, -0.2) is 9.59 Å². The van der Waals surface area contributed by atoms with Gasteiger partial charge in [-0.3, -0.25) is 0 Å². The molecule has 0 heterocycles. The predicted molar refractivity (Wildman–Crippen MR) is 168 cm³/mol. The lowest BCUT2D eigenvalue weighted by Gasteiger charge is -2.19. The number of amides is 1. The molecule has 0 atom stereocenters. The van der Waals surface area contributed by atoms with E-state index in [1.807, 2.05) is 20.8 Å². The first kappa shape index (κ1) is 44.1. The average Bonchev–Trinajstić information content (AvgIpc) is 3.00. The van der Waals surface area contributed by atoms with Crippen LogP contribution in [-0.2, 0) is 61.6 Å². The molecule has 0 saturated heterocycles. The summed E-state index contributed by atoms with van der Waals surface area (Å²) >= 11 is 0. The van der Waals surface area contributed by atoms with Gasteiger partial charge in [-0.15, -0.1) is 0 Å². The lowest BCUT2D eigenvalue weighted by atomic mass is 10.2. The van der Waals surface area contributed by atoms with Crippen molar-refractivity contribution in [2.45, 2.75) is 33.3 Å². The van der Waals surface area contributed by atoms with Gasteiger partial charge < -0.3 is 62.2 Å². The molecule has 0 aromatic heterocycles. The summed E-state index contributed by atoms with van der Waals surface area (Å²) in [5.74, 6) is -0.416. The van der Waals surface area contributed by atoms with Gasteiger partial charge in [-0.05, 0) is 27.7 Å². The van der Waals surface area contributed by atoms with Crippen LogP contribution in [-0.4, -0.2) is 163 Å². The van der Waals surface area contributed by atoms with E-state index in [0.29, 0.717) is 144 Å². The Kier molecular flexibility index (Phi) is 31.6. The Labute approximate surface area is 274 Å². The van der Waals surface area contributed by atoms with Crippen molar-refractivity contribution >= 4 is 12.1 Å². The molecule has 1 amide bonds. The molecule has 0 saturated carbocycles. The first-order chi connectivity index (χ1) is 22.2. The van der Waals surface area contributed by atoms with Crippen molar-refractivity contribution in [1.29, 1.82) is 0 Å². The molecule has 0 rings (SSSR count). The van der Waals surface area contributed by atoms with Gasteiger partial charge in [0.2, 0.25) is 0 Å². The standard InChI is InChI=1S/C31H59NO14/c1-28(2)29(33)45-27-26-44-25-24-43-23-22-42-21-20-41-19-18-40-17-16-39-15-14-38-13-12-37-11-10-36-9-8-35-7-6-32-30(34)46-31(3,4)5/h1,6-27H2,2-5H3,(H,32,34). The monoisotopic (exact) mass is 669 g/mol. The molecule has 0 spiro atoms. The van der Waals surface area contributed by atoms with Crippen LogP contribution in [0.3, 0.4) is 0 Å². The van der Waals surface area contributed by atoms with Gasteiger partial charge in [0.05, 0.1) is 132 Å². The summed E-state index contributed by atoms with van der Waals surface area (Å²) in [5.41, 5.74) is -0.148. The Bertz CT molecular complexity index is 720. The highest BCUT2D eigenvalue weighted by Gasteiger charge is 2.15. The van der Waals surface area contributed by atoms with E-state index in [1.165, 1.54) is 0 Å². The van der Waals surface area contributed by atoms with Gasteiger partial charge in [0.15, 0.2) is 0 Å².